The fraction of sp³-hybridized carbons (Fsp3) is 0.222. The minimum absolute atomic E-state index is 0.194. The van der Waals surface area contributed by atoms with Crippen LogP contribution >= 0.6 is 0 Å². The Labute approximate surface area is 85.0 Å². The second-order valence-corrected chi connectivity index (χ2v) is 3.03. The molecule has 0 radical (unpaired) electrons. The summed E-state index contributed by atoms with van der Waals surface area (Å²) in [4.78, 5) is 34.8. The number of allylic oxidation sites excluding steroid dienone is 1. The number of nitrogens with one attached hydrogen (secondary N) is 1. The van der Waals surface area contributed by atoms with Gasteiger partial charge in [-0.3, -0.25) is 19.1 Å². The Balaban J connectivity index is 2.97. The van der Waals surface area contributed by atoms with Crippen LogP contribution in [0.3, 0.4) is 0 Å². The quantitative estimate of drug-likeness (QED) is 0.617. The van der Waals surface area contributed by atoms with Crippen molar-refractivity contribution in [2.24, 2.45) is 5.73 Å². The minimum Gasteiger partial charge on any atom is -0.366 e. The van der Waals surface area contributed by atoms with Crippen LogP contribution in [0.1, 0.15) is 5.56 Å². The first-order chi connectivity index (χ1) is 7.00. The van der Waals surface area contributed by atoms with Crippen LogP contribution in [-0.4, -0.2) is 15.5 Å². The highest BCUT2D eigenvalue weighted by Gasteiger charge is 1.98. The first-order valence-corrected chi connectivity index (χ1v) is 4.27. The number of hydrogen-bond donors (Lipinski definition) is 2. The van der Waals surface area contributed by atoms with Crippen molar-refractivity contribution in [2.45, 2.75) is 13.5 Å². The minimum atomic E-state index is -0.579. The molecule has 3 N–H and O–H groups in total. The van der Waals surface area contributed by atoms with Crippen LogP contribution in [0.25, 0.3) is 0 Å². The number of nitrogens with two attached hydrogens (primary N) is 1. The summed E-state index contributed by atoms with van der Waals surface area (Å²) >= 11 is 0. The van der Waals surface area contributed by atoms with E-state index in [1.54, 1.807) is 6.92 Å². The number of hydrogen-bond acceptors (Lipinski definition) is 3. The zero-order valence-corrected chi connectivity index (χ0v) is 8.19. The van der Waals surface area contributed by atoms with Crippen molar-refractivity contribution in [2.75, 3.05) is 0 Å². The van der Waals surface area contributed by atoms with Crippen LogP contribution in [0.4, 0.5) is 0 Å². The number of rotatable bonds is 3. The number of aromatic nitrogens is 2. The average Bonchev–Trinajstić information content (AvgIpc) is 2.13. The van der Waals surface area contributed by atoms with Crippen LogP contribution in [0, 0.1) is 6.92 Å². The number of H-pyrrole nitrogens is 1. The number of aryl methyl sites for hydroxylation is 1. The van der Waals surface area contributed by atoms with Gasteiger partial charge in [0.25, 0.3) is 5.56 Å². The topological polar surface area (TPSA) is 97.9 Å². The van der Waals surface area contributed by atoms with Crippen molar-refractivity contribution < 1.29 is 4.79 Å². The van der Waals surface area contributed by atoms with E-state index in [0.717, 1.165) is 6.08 Å². The van der Waals surface area contributed by atoms with Crippen LogP contribution < -0.4 is 17.0 Å². The van der Waals surface area contributed by atoms with Gasteiger partial charge in [-0.15, -0.1) is 0 Å². The van der Waals surface area contributed by atoms with Gasteiger partial charge in [-0.25, -0.2) is 4.79 Å². The Morgan fingerprint density at radius 1 is 1.60 bits per heavy atom. The molecule has 0 spiro atoms. The number of amides is 1. The zero-order valence-electron chi connectivity index (χ0n) is 8.19. The van der Waals surface area contributed by atoms with E-state index in [-0.39, 0.29) is 6.54 Å². The van der Waals surface area contributed by atoms with E-state index >= 15 is 0 Å². The fourth-order valence-electron chi connectivity index (χ4n) is 1.04. The van der Waals surface area contributed by atoms with Gasteiger partial charge in [0, 0.05) is 24.4 Å². The molecule has 1 heterocycles. The lowest BCUT2D eigenvalue weighted by molar-refractivity contribution is -0.113. The number of carbonyl (C=O) groups is 1. The molecule has 0 atom stereocenters. The highest BCUT2D eigenvalue weighted by molar-refractivity contribution is 5.85. The smallest absolute Gasteiger partial charge is 0.328 e. The van der Waals surface area contributed by atoms with E-state index < -0.39 is 17.2 Å². The molecule has 0 fully saturated rings. The molecular formula is C9H11N3O3. The van der Waals surface area contributed by atoms with E-state index in [9.17, 15) is 14.4 Å². The average molecular weight is 209 g/mol. The molecule has 0 unspecified atom stereocenters. The summed E-state index contributed by atoms with van der Waals surface area (Å²) in [5.41, 5.74) is 4.39. The summed E-state index contributed by atoms with van der Waals surface area (Å²) < 4.78 is 1.27. The van der Waals surface area contributed by atoms with Gasteiger partial charge in [0.15, 0.2) is 0 Å². The van der Waals surface area contributed by atoms with Crippen molar-refractivity contribution in [1.82, 2.24) is 9.55 Å². The van der Waals surface area contributed by atoms with Gasteiger partial charge in [-0.1, -0.05) is 6.08 Å². The van der Waals surface area contributed by atoms with Crippen LogP contribution in [0.2, 0.25) is 0 Å². The van der Waals surface area contributed by atoms with Crippen molar-refractivity contribution in [3.05, 3.63) is 44.8 Å². The lowest BCUT2D eigenvalue weighted by Gasteiger charge is -2.01. The molecule has 1 aromatic heterocycles. The van der Waals surface area contributed by atoms with Crippen molar-refractivity contribution in [3.63, 3.8) is 0 Å². The molecule has 0 bridgehead atoms. The van der Waals surface area contributed by atoms with Crippen molar-refractivity contribution in [3.8, 4) is 0 Å². The van der Waals surface area contributed by atoms with Gasteiger partial charge >= 0.3 is 5.69 Å². The Morgan fingerprint density at radius 2 is 2.27 bits per heavy atom. The van der Waals surface area contributed by atoms with Crippen molar-refractivity contribution >= 4 is 5.91 Å². The monoisotopic (exact) mass is 209 g/mol. The first-order valence-electron chi connectivity index (χ1n) is 4.27. The van der Waals surface area contributed by atoms with Gasteiger partial charge in [-0.05, 0) is 6.92 Å². The third kappa shape index (κ3) is 2.94. The molecule has 0 aliphatic rings. The molecule has 0 saturated heterocycles. The van der Waals surface area contributed by atoms with Crippen molar-refractivity contribution in [1.29, 1.82) is 0 Å². The largest absolute Gasteiger partial charge is 0.366 e. The third-order valence-corrected chi connectivity index (χ3v) is 1.77. The maximum atomic E-state index is 11.2. The SMILES string of the molecule is Cc1cn(CC=CC(N)=O)c(=O)[nH]c1=O. The molecule has 15 heavy (non-hydrogen) atoms. The molecule has 0 saturated carbocycles. The highest BCUT2D eigenvalue weighted by atomic mass is 16.2. The Bertz CT molecular complexity index is 510. The standard InChI is InChI=1S/C9H11N3O3/c1-6-5-12(4-2-3-7(10)13)9(15)11-8(6)14/h2-3,5H,4H2,1H3,(H2,10,13)(H,11,14,15). The summed E-state index contributed by atoms with van der Waals surface area (Å²) in [7, 11) is 0. The zero-order chi connectivity index (χ0) is 11.4. The van der Waals surface area contributed by atoms with E-state index in [2.05, 4.69) is 4.98 Å². The molecule has 1 rings (SSSR count). The lowest BCUT2D eigenvalue weighted by Crippen LogP contribution is -2.30. The summed E-state index contributed by atoms with van der Waals surface area (Å²) in [5.74, 6) is -0.579. The van der Waals surface area contributed by atoms with Crippen LogP contribution in [-0.2, 0) is 11.3 Å². The third-order valence-electron chi connectivity index (χ3n) is 1.77. The summed E-state index contributed by atoms with van der Waals surface area (Å²) in [6, 6.07) is 0. The summed E-state index contributed by atoms with van der Waals surface area (Å²) in [5, 5.41) is 0. The molecule has 0 aliphatic heterocycles. The lowest BCUT2D eigenvalue weighted by atomic mass is 10.4. The second kappa shape index (κ2) is 4.41. The summed E-state index contributed by atoms with van der Waals surface area (Å²) in [6.07, 6.45) is 4.03. The highest BCUT2D eigenvalue weighted by Crippen LogP contribution is 1.85. The number of aromatic amines is 1. The first kappa shape index (κ1) is 11.0. The van der Waals surface area contributed by atoms with E-state index in [1.807, 2.05) is 0 Å². The molecule has 1 amide bonds. The maximum Gasteiger partial charge on any atom is 0.328 e. The Morgan fingerprint density at radius 3 is 2.87 bits per heavy atom. The van der Waals surface area contributed by atoms with Gasteiger partial charge in [0.1, 0.15) is 0 Å². The van der Waals surface area contributed by atoms with Crippen LogP contribution in [0.15, 0.2) is 27.9 Å². The molecule has 6 heteroatoms. The maximum absolute atomic E-state index is 11.2. The molecule has 1 aromatic rings. The van der Waals surface area contributed by atoms with Gasteiger partial charge in [0.05, 0.1) is 0 Å². The molecular weight excluding hydrogens is 198 g/mol. The van der Waals surface area contributed by atoms with Gasteiger partial charge in [-0.2, -0.15) is 0 Å². The van der Waals surface area contributed by atoms with E-state index in [1.165, 1.54) is 16.8 Å². The predicted octanol–water partition coefficient (Wildman–Crippen LogP) is -1.11. The Kier molecular flexibility index (Phi) is 3.22. The van der Waals surface area contributed by atoms with E-state index in [4.69, 9.17) is 5.73 Å². The second-order valence-electron chi connectivity index (χ2n) is 3.03. The normalized spacial score (nSPS) is 10.7. The molecule has 80 valence electrons. The van der Waals surface area contributed by atoms with Crippen LogP contribution in [0.5, 0.6) is 0 Å². The number of carbonyl (C=O) groups excluding carboxylic acids is 1. The molecule has 6 nitrogen and oxygen atoms in total. The Hall–Kier alpha value is -2.11. The molecule has 0 aromatic carbocycles. The van der Waals surface area contributed by atoms with Gasteiger partial charge < -0.3 is 5.73 Å². The summed E-state index contributed by atoms with van der Waals surface area (Å²) in [6.45, 7) is 1.78. The fourth-order valence-corrected chi connectivity index (χ4v) is 1.04. The number of primary amides is 1. The van der Waals surface area contributed by atoms with E-state index in [0.29, 0.717) is 5.56 Å². The molecule has 0 aliphatic carbocycles. The number of nitrogens with zero attached hydrogens (tertiary/aromatic N) is 1. The predicted molar refractivity (Wildman–Crippen MR) is 54.4 cm³/mol. The van der Waals surface area contributed by atoms with Gasteiger partial charge in [0.2, 0.25) is 5.91 Å².